The molecule has 0 heterocycles. The standard InChI is InChI=1S/C17H29N3O/c1-13(2)9-10-19-17(18)20-11-15-7-5-6-8-16(15)21-12-14(3)4/h5-8,13-14H,9-12H2,1-4H3,(H3,18,19,20). The maximum absolute atomic E-state index is 5.88. The summed E-state index contributed by atoms with van der Waals surface area (Å²) in [6.45, 7) is 10.8. The molecule has 0 fully saturated rings. The van der Waals surface area contributed by atoms with Crippen LogP contribution in [0.4, 0.5) is 0 Å². The average molecular weight is 291 g/mol. The lowest BCUT2D eigenvalue weighted by molar-refractivity contribution is 0.268. The fourth-order valence-electron chi connectivity index (χ4n) is 1.75. The van der Waals surface area contributed by atoms with Crippen molar-refractivity contribution in [2.24, 2.45) is 22.6 Å². The molecule has 0 radical (unpaired) electrons. The van der Waals surface area contributed by atoms with Gasteiger partial charge in [-0.15, -0.1) is 0 Å². The highest BCUT2D eigenvalue weighted by atomic mass is 16.5. The van der Waals surface area contributed by atoms with Gasteiger partial charge in [0.15, 0.2) is 5.96 Å². The van der Waals surface area contributed by atoms with Crippen LogP contribution in [0.2, 0.25) is 0 Å². The van der Waals surface area contributed by atoms with E-state index in [2.05, 4.69) is 38.0 Å². The molecule has 0 bridgehead atoms. The summed E-state index contributed by atoms with van der Waals surface area (Å²) >= 11 is 0. The lowest BCUT2D eigenvalue weighted by atomic mass is 10.1. The molecule has 3 N–H and O–H groups in total. The molecular formula is C17H29N3O. The number of nitrogens with one attached hydrogen (secondary N) is 1. The Labute approximate surface area is 128 Å². The minimum absolute atomic E-state index is 0.495. The summed E-state index contributed by atoms with van der Waals surface area (Å²) < 4.78 is 5.81. The van der Waals surface area contributed by atoms with E-state index in [0.29, 0.717) is 30.9 Å². The van der Waals surface area contributed by atoms with E-state index in [4.69, 9.17) is 10.5 Å². The lowest BCUT2D eigenvalue weighted by Gasteiger charge is -2.12. The van der Waals surface area contributed by atoms with Crippen molar-refractivity contribution in [3.05, 3.63) is 29.8 Å². The van der Waals surface area contributed by atoms with E-state index in [1.807, 2.05) is 24.3 Å². The normalized spacial score (nSPS) is 12.0. The van der Waals surface area contributed by atoms with Crippen molar-refractivity contribution in [1.82, 2.24) is 5.32 Å². The quantitative estimate of drug-likeness (QED) is 0.571. The van der Waals surface area contributed by atoms with Crippen molar-refractivity contribution in [2.75, 3.05) is 13.2 Å². The first-order valence-corrected chi connectivity index (χ1v) is 7.73. The van der Waals surface area contributed by atoms with Gasteiger partial charge in [0.2, 0.25) is 0 Å². The summed E-state index contributed by atoms with van der Waals surface area (Å²) in [7, 11) is 0. The molecular weight excluding hydrogens is 262 g/mol. The number of nitrogens with zero attached hydrogens (tertiary/aromatic N) is 1. The monoisotopic (exact) mass is 291 g/mol. The Balaban J connectivity index is 2.53. The number of hydrogen-bond acceptors (Lipinski definition) is 2. The summed E-state index contributed by atoms with van der Waals surface area (Å²) in [5.74, 6) is 2.55. The van der Waals surface area contributed by atoms with Crippen LogP contribution in [-0.4, -0.2) is 19.1 Å². The zero-order valence-corrected chi connectivity index (χ0v) is 13.7. The Hall–Kier alpha value is -1.71. The smallest absolute Gasteiger partial charge is 0.188 e. The van der Waals surface area contributed by atoms with Crippen LogP contribution < -0.4 is 15.8 Å². The summed E-state index contributed by atoms with van der Waals surface area (Å²) in [6, 6.07) is 7.98. The molecule has 4 nitrogen and oxygen atoms in total. The summed E-state index contributed by atoms with van der Waals surface area (Å²) in [4.78, 5) is 4.38. The fraction of sp³-hybridized carbons (Fsp3) is 0.588. The molecule has 0 saturated heterocycles. The Morgan fingerprint density at radius 1 is 1.19 bits per heavy atom. The Bertz CT molecular complexity index is 441. The molecule has 118 valence electrons. The molecule has 0 aliphatic rings. The number of hydrogen-bond donors (Lipinski definition) is 2. The van der Waals surface area contributed by atoms with Gasteiger partial charge in [-0.25, -0.2) is 4.99 Å². The molecule has 0 aliphatic heterocycles. The van der Waals surface area contributed by atoms with Crippen LogP contribution in [-0.2, 0) is 6.54 Å². The predicted molar refractivity (Wildman–Crippen MR) is 89.6 cm³/mol. The molecule has 1 aromatic carbocycles. The van der Waals surface area contributed by atoms with Gasteiger partial charge in [0.1, 0.15) is 5.75 Å². The largest absolute Gasteiger partial charge is 0.493 e. The highest BCUT2D eigenvalue weighted by Crippen LogP contribution is 2.19. The number of aliphatic imine (C=N–C) groups is 1. The predicted octanol–water partition coefficient (Wildman–Crippen LogP) is 3.17. The van der Waals surface area contributed by atoms with Gasteiger partial charge >= 0.3 is 0 Å². The zero-order chi connectivity index (χ0) is 15.7. The molecule has 0 aliphatic carbocycles. The highest BCUT2D eigenvalue weighted by molar-refractivity contribution is 5.77. The second-order valence-electron chi connectivity index (χ2n) is 6.12. The van der Waals surface area contributed by atoms with Crippen LogP contribution in [0.3, 0.4) is 0 Å². The van der Waals surface area contributed by atoms with Crippen LogP contribution in [0.5, 0.6) is 5.75 Å². The number of benzene rings is 1. The van der Waals surface area contributed by atoms with Crippen LogP contribution >= 0.6 is 0 Å². The Kier molecular flexibility index (Phi) is 7.65. The van der Waals surface area contributed by atoms with Gasteiger partial charge in [0.05, 0.1) is 13.2 Å². The van der Waals surface area contributed by atoms with E-state index in [9.17, 15) is 0 Å². The first kappa shape index (κ1) is 17.3. The van der Waals surface area contributed by atoms with Crippen molar-refractivity contribution in [3.63, 3.8) is 0 Å². The van der Waals surface area contributed by atoms with Gasteiger partial charge in [0, 0.05) is 12.1 Å². The SMILES string of the molecule is CC(C)CCNC(N)=NCc1ccccc1OCC(C)C. The lowest BCUT2D eigenvalue weighted by Crippen LogP contribution is -2.32. The molecule has 0 saturated carbocycles. The third-order valence-corrected chi connectivity index (χ3v) is 2.99. The van der Waals surface area contributed by atoms with Gasteiger partial charge in [-0.05, 0) is 24.3 Å². The third-order valence-electron chi connectivity index (χ3n) is 2.99. The Morgan fingerprint density at radius 2 is 1.90 bits per heavy atom. The van der Waals surface area contributed by atoms with Gasteiger partial charge in [0.25, 0.3) is 0 Å². The number of nitrogens with two attached hydrogens (primary N) is 1. The van der Waals surface area contributed by atoms with Crippen molar-refractivity contribution in [1.29, 1.82) is 0 Å². The Morgan fingerprint density at radius 3 is 2.57 bits per heavy atom. The van der Waals surface area contributed by atoms with Crippen molar-refractivity contribution >= 4 is 5.96 Å². The maximum Gasteiger partial charge on any atom is 0.188 e. The number of para-hydroxylation sites is 1. The summed E-state index contributed by atoms with van der Waals surface area (Å²) in [5, 5.41) is 3.14. The second kappa shape index (κ2) is 9.27. The minimum atomic E-state index is 0.495. The molecule has 1 rings (SSSR count). The summed E-state index contributed by atoms with van der Waals surface area (Å²) in [5.41, 5.74) is 6.94. The molecule has 0 spiro atoms. The number of rotatable bonds is 8. The van der Waals surface area contributed by atoms with E-state index in [0.717, 1.165) is 24.3 Å². The molecule has 4 heteroatoms. The number of guanidine groups is 1. The van der Waals surface area contributed by atoms with E-state index in [-0.39, 0.29) is 0 Å². The molecule has 0 amide bonds. The average Bonchev–Trinajstić information content (AvgIpc) is 2.43. The third kappa shape index (κ3) is 7.59. The molecule has 0 aromatic heterocycles. The summed E-state index contributed by atoms with van der Waals surface area (Å²) in [6.07, 6.45) is 1.09. The topological polar surface area (TPSA) is 59.6 Å². The van der Waals surface area contributed by atoms with Crippen LogP contribution in [0.1, 0.15) is 39.7 Å². The maximum atomic E-state index is 5.88. The van der Waals surface area contributed by atoms with Gasteiger partial charge < -0.3 is 15.8 Å². The second-order valence-corrected chi connectivity index (χ2v) is 6.12. The van der Waals surface area contributed by atoms with E-state index in [1.54, 1.807) is 0 Å². The highest BCUT2D eigenvalue weighted by Gasteiger charge is 2.04. The van der Waals surface area contributed by atoms with Crippen LogP contribution in [0.25, 0.3) is 0 Å². The van der Waals surface area contributed by atoms with Crippen molar-refractivity contribution < 1.29 is 4.74 Å². The van der Waals surface area contributed by atoms with E-state index in [1.165, 1.54) is 0 Å². The van der Waals surface area contributed by atoms with Crippen LogP contribution in [0, 0.1) is 11.8 Å². The zero-order valence-electron chi connectivity index (χ0n) is 13.7. The van der Waals surface area contributed by atoms with Gasteiger partial charge in [-0.2, -0.15) is 0 Å². The van der Waals surface area contributed by atoms with Crippen molar-refractivity contribution in [3.8, 4) is 5.75 Å². The van der Waals surface area contributed by atoms with E-state index >= 15 is 0 Å². The first-order valence-electron chi connectivity index (χ1n) is 7.73. The molecule has 1 aromatic rings. The van der Waals surface area contributed by atoms with Crippen molar-refractivity contribution in [2.45, 2.75) is 40.7 Å². The van der Waals surface area contributed by atoms with Crippen LogP contribution in [0.15, 0.2) is 29.3 Å². The first-order chi connectivity index (χ1) is 9.99. The minimum Gasteiger partial charge on any atom is -0.493 e. The van der Waals surface area contributed by atoms with E-state index < -0.39 is 0 Å². The molecule has 0 atom stereocenters. The number of ether oxygens (including phenoxy) is 1. The molecule has 0 unspecified atom stereocenters. The van der Waals surface area contributed by atoms with Gasteiger partial charge in [-0.3, -0.25) is 0 Å². The van der Waals surface area contributed by atoms with Gasteiger partial charge in [-0.1, -0.05) is 45.9 Å². The molecule has 21 heavy (non-hydrogen) atoms. The fourth-order valence-corrected chi connectivity index (χ4v) is 1.75.